The summed E-state index contributed by atoms with van der Waals surface area (Å²) in [6.45, 7) is 2.47. The Morgan fingerprint density at radius 1 is 0.972 bits per heavy atom. The highest BCUT2D eigenvalue weighted by molar-refractivity contribution is 5.40. The first-order valence-electron chi connectivity index (χ1n) is 12.0. The number of imidazole rings is 2. The summed E-state index contributed by atoms with van der Waals surface area (Å²) in [5.74, 6) is 1.84. The Morgan fingerprint density at radius 2 is 1.56 bits per heavy atom. The topological polar surface area (TPSA) is 106 Å². The quantitative estimate of drug-likeness (QED) is 0.254. The first kappa shape index (κ1) is 23.4. The zero-order valence-electron chi connectivity index (χ0n) is 19.9. The minimum atomic E-state index is -0.515. The lowest BCUT2D eigenvalue weighted by Gasteiger charge is -2.13. The molecule has 10 heteroatoms. The molecule has 1 saturated carbocycles. The van der Waals surface area contributed by atoms with Gasteiger partial charge in [0.2, 0.25) is 5.82 Å². The average Bonchev–Trinajstić information content (AvgIpc) is 3.61. The van der Waals surface area contributed by atoms with E-state index in [0.29, 0.717) is 36.5 Å². The normalized spacial score (nSPS) is 13.7. The van der Waals surface area contributed by atoms with Gasteiger partial charge in [-0.2, -0.15) is 0 Å². The summed E-state index contributed by atoms with van der Waals surface area (Å²) in [4.78, 5) is 27.3. The Bertz CT molecular complexity index is 1400. The van der Waals surface area contributed by atoms with Gasteiger partial charge in [0.1, 0.15) is 24.3 Å². The van der Waals surface area contributed by atoms with E-state index in [-0.39, 0.29) is 11.5 Å². The SMILES string of the molecule is Cc1nc([N+](=O)[O-])cn1CCOc1ccc(-n2ccn(-c3ccc(OC4CCCC4)cc3)c2=O)cc1. The molecular weight excluding hydrogens is 462 g/mol. The van der Waals surface area contributed by atoms with Crippen molar-refractivity contribution in [3.05, 3.63) is 93.5 Å². The Hall–Kier alpha value is -4.34. The van der Waals surface area contributed by atoms with Crippen LogP contribution >= 0.6 is 0 Å². The third-order valence-corrected chi connectivity index (χ3v) is 6.36. The summed E-state index contributed by atoms with van der Waals surface area (Å²) in [6.07, 6.45) is 9.80. The molecular formula is C26H27N5O5. The van der Waals surface area contributed by atoms with Gasteiger partial charge in [0, 0.05) is 19.3 Å². The Labute approximate surface area is 207 Å². The Balaban J connectivity index is 1.21. The van der Waals surface area contributed by atoms with Crippen LogP contribution in [0.1, 0.15) is 31.5 Å². The largest absolute Gasteiger partial charge is 0.492 e. The van der Waals surface area contributed by atoms with Crippen molar-refractivity contribution in [2.24, 2.45) is 0 Å². The van der Waals surface area contributed by atoms with Gasteiger partial charge in [-0.1, -0.05) is 0 Å². The van der Waals surface area contributed by atoms with Crippen molar-refractivity contribution in [1.82, 2.24) is 18.7 Å². The molecule has 1 aliphatic carbocycles. The molecule has 2 heterocycles. The molecule has 1 aliphatic rings. The molecule has 0 amide bonds. The van der Waals surface area contributed by atoms with Crippen molar-refractivity contribution in [2.45, 2.75) is 45.3 Å². The van der Waals surface area contributed by atoms with Crippen LogP contribution in [0.3, 0.4) is 0 Å². The summed E-state index contributed by atoms with van der Waals surface area (Å²) in [5.41, 5.74) is 1.31. The highest BCUT2D eigenvalue weighted by atomic mass is 16.6. The van der Waals surface area contributed by atoms with E-state index in [1.807, 2.05) is 36.4 Å². The Kier molecular flexibility index (Phi) is 6.57. The van der Waals surface area contributed by atoms with Gasteiger partial charge < -0.3 is 24.2 Å². The molecule has 2 aromatic heterocycles. The number of rotatable bonds is 9. The van der Waals surface area contributed by atoms with Gasteiger partial charge >= 0.3 is 11.5 Å². The molecule has 0 aliphatic heterocycles. The molecule has 2 aromatic carbocycles. The zero-order valence-corrected chi connectivity index (χ0v) is 19.9. The second-order valence-electron chi connectivity index (χ2n) is 8.78. The van der Waals surface area contributed by atoms with Gasteiger partial charge in [-0.15, -0.1) is 0 Å². The van der Waals surface area contributed by atoms with E-state index in [1.165, 1.54) is 19.0 Å². The van der Waals surface area contributed by atoms with Crippen molar-refractivity contribution < 1.29 is 14.4 Å². The monoisotopic (exact) mass is 489 g/mol. The molecule has 0 saturated heterocycles. The van der Waals surface area contributed by atoms with Gasteiger partial charge in [0.25, 0.3) is 0 Å². The summed E-state index contributed by atoms with van der Waals surface area (Å²) in [6, 6.07) is 14.8. The smallest absolute Gasteiger partial charge is 0.381 e. The van der Waals surface area contributed by atoms with E-state index in [9.17, 15) is 14.9 Å². The van der Waals surface area contributed by atoms with Crippen LogP contribution in [-0.4, -0.2) is 36.3 Å². The van der Waals surface area contributed by atoms with Crippen molar-refractivity contribution in [1.29, 1.82) is 0 Å². The first-order chi connectivity index (χ1) is 17.5. The fourth-order valence-corrected chi connectivity index (χ4v) is 4.42. The third kappa shape index (κ3) is 5.02. The van der Waals surface area contributed by atoms with E-state index in [4.69, 9.17) is 9.47 Å². The maximum atomic E-state index is 13.0. The lowest BCUT2D eigenvalue weighted by molar-refractivity contribution is -0.389. The van der Waals surface area contributed by atoms with Crippen molar-refractivity contribution in [3.63, 3.8) is 0 Å². The van der Waals surface area contributed by atoms with E-state index < -0.39 is 4.92 Å². The van der Waals surface area contributed by atoms with Crippen molar-refractivity contribution >= 4 is 5.82 Å². The summed E-state index contributed by atoms with van der Waals surface area (Å²) >= 11 is 0. The van der Waals surface area contributed by atoms with E-state index in [1.54, 1.807) is 45.2 Å². The number of hydrogen-bond donors (Lipinski definition) is 0. The molecule has 0 N–H and O–H groups in total. The maximum Gasteiger partial charge on any atom is 0.381 e. The predicted molar refractivity (Wildman–Crippen MR) is 133 cm³/mol. The number of aryl methyl sites for hydroxylation is 1. The van der Waals surface area contributed by atoms with Crippen LogP contribution < -0.4 is 15.2 Å². The molecule has 4 aromatic rings. The molecule has 0 unspecified atom stereocenters. The lowest BCUT2D eigenvalue weighted by atomic mass is 10.2. The van der Waals surface area contributed by atoms with E-state index in [2.05, 4.69) is 4.98 Å². The molecule has 5 rings (SSSR count). The number of aromatic nitrogens is 4. The molecule has 36 heavy (non-hydrogen) atoms. The van der Waals surface area contributed by atoms with Gasteiger partial charge in [0.15, 0.2) is 0 Å². The molecule has 0 atom stereocenters. The van der Waals surface area contributed by atoms with Crippen LogP contribution in [0.2, 0.25) is 0 Å². The van der Waals surface area contributed by atoms with Gasteiger partial charge in [-0.3, -0.25) is 9.13 Å². The molecule has 1 fully saturated rings. The summed E-state index contributed by atoms with van der Waals surface area (Å²) in [7, 11) is 0. The van der Waals surface area contributed by atoms with Gasteiger partial charge in [-0.05, 0) is 84.1 Å². The average molecular weight is 490 g/mol. The number of nitrogens with zero attached hydrogens (tertiary/aromatic N) is 5. The summed E-state index contributed by atoms with van der Waals surface area (Å²) in [5, 5.41) is 10.9. The fourth-order valence-electron chi connectivity index (χ4n) is 4.42. The number of nitro groups is 1. The van der Waals surface area contributed by atoms with Crippen LogP contribution in [0.5, 0.6) is 11.5 Å². The molecule has 0 spiro atoms. The van der Waals surface area contributed by atoms with Gasteiger partial charge in [-0.25, -0.2) is 4.79 Å². The van der Waals surface area contributed by atoms with E-state index in [0.717, 1.165) is 24.3 Å². The molecule has 0 radical (unpaired) electrons. The second kappa shape index (κ2) is 10.1. The van der Waals surface area contributed by atoms with Gasteiger partial charge in [0.05, 0.1) is 24.0 Å². The molecule has 186 valence electrons. The van der Waals surface area contributed by atoms with Crippen LogP contribution in [0, 0.1) is 17.0 Å². The predicted octanol–water partition coefficient (Wildman–Crippen LogP) is 4.44. The molecule has 10 nitrogen and oxygen atoms in total. The minimum absolute atomic E-state index is 0.176. The van der Waals surface area contributed by atoms with Crippen molar-refractivity contribution in [3.8, 4) is 22.9 Å². The second-order valence-corrected chi connectivity index (χ2v) is 8.78. The maximum absolute atomic E-state index is 13.0. The van der Waals surface area contributed by atoms with E-state index >= 15 is 0 Å². The van der Waals surface area contributed by atoms with Crippen LogP contribution in [-0.2, 0) is 6.54 Å². The lowest BCUT2D eigenvalue weighted by Crippen LogP contribution is -2.21. The number of ether oxygens (including phenoxy) is 2. The Morgan fingerprint density at radius 3 is 2.11 bits per heavy atom. The van der Waals surface area contributed by atoms with Crippen LogP contribution in [0.25, 0.3) is 11.4 Å². The van der Waals surface area contributed by atoms with Crippen LogP contribution in [0.4, 0.5) is 5.82 Å². The number of benzene rings is 2. The number of hydrogen-bond acceptors (Lipinski definition) is 6. The van der Waals surface area contributed by atoms with Crippen molar-refractivity contribution in [2.75, 3.05) is 6.61 Å². The first-order valence-corrected chi connectivity index (χ1v) is 12.0. The minimum Gasteiger partial charge on any atom is -0.492 e. The third-order valence-electron chi connectivity index (χ3n) is 6.36. The highest BCUT2D eigenvalue weighted by Gasteiger charge is 2.17. The fraction of sp³-hybridized carbons (Fsp3) is 0.308. The highest BCUT2D eigenvalue weighted by Crippen LogP contribution is 2.25. The zero-order chi connectivity index (χ0) is 25.1. The molecule has 0 bridgehead atoms. The standard InChI is InChI=1S/C26H27N5O5/c1-19-27-25(31(33)34)18-28(19)16-17-35-22-10-6-20(7-11-22)29-14-15-30(26(29)32)21-8-12-24(13-9-21)36-23-4-2-3-5-23/h6-15,18,23H,2-5,16-17H2,1H3. The summed E-state index contributed by atoms with van der Waals surface area (Å²) < 4.78 is 16.6. The van der Waals surface area contributed by atoms with Crippen LogP contribution in [0.15, 0.2) is 71.9 Å².